The zero-order chi connectivity index (χ0) is 13.7. The molecule has 1 aromatic carbocycles. The molecule has 19 heavy (non-hydrogen) atoms. The first-order valence-corrected chi connectivity index (χ1v) is 6.99. The van der Waals surface area contributed by atoms with Gasteiger partial charge in [0.1, 0.15) is 5.75 Å². The Morgan fingerprint density at radius 1 is 1.42 bits per heavy atom. The van der Waals surface area contributed by atoms with Crippen LogP contribution in [-0.4, -0.2) is 44.4 Å². The van der Waals surface area contributed by atoms with Crippen molar-refractivity contribution in [2.24, 2.45) is 5.73 Å². The summed E-state index contributed by atoms with van der Waals surface area (Å²) in [5.41, 5.74) is 7.39. The molecule has 1 fully saturated rings. The lowest BCUT2D eigenvalue weighted by Crippen LogP contribution is -2.45. The first-order valence-electron chi connectivity index (χ1n) is 6.99. The van der Waals surface area contributed by atoms with Gasteiger partial charge in [-0.05, 0) is 31.2 Å². The van der Waals surface area contributed by atoms with Crippen molar-refractivity contribution in [3.8, 4) is 5.75 Å². The van der Waals surface area contributed by atoms with Crippen LogP contribution in [0.3, 0.4) is 0 Å². The Kier molecular flexibility index (Phi) is 5.19. The van der Waals surface area contributed by atoms with E-state index < -0.39 is 0 Å². The third-order valence-corrected chi connectivity index (χ3v) is 3.43. The molecule has 0 saturated carbocycles. The molecule has 1 aromatic rings. The highest BCUT2D eigenvalue weighted by Crippen LogP contribution is 2.22. The molecule has 2 atom stereocenters. The van der Waals surface area contributed by atoms with Crippen LogP contribution in [-0.2, 0) is 4.74 Å². The van der Waals surface area contributed by atoms with E-state index in [-0.39, 0.29) is 12.1 Å². The number of benzene rings is 1. The second kappa shape index (κ2) is 6.89. The average Bonchev–Trinajstić information content (AvgIpc) is 2.45. The topological polar surface area (TPSA) is 47.7 Å². The Hall–Kier alpha value is -1.10. The van der Waals surface area contributed by atoms with Crippen LogP contribution < -0.4 is 10.5 Å². The SMILES string of the molecule is CCCOc1ccc(C(N)C2CN(C)CCO2)cc1. The second-order valence-electron chi connectivity index (χ2n) is 5.11. The molecule has 0 amide bonds. The van der Waals surface area contributed by atoms with Crippen molar-refractivity contribution in [3.63, 3.8) is 0 Å². The van der Waals surface area contributed by atoms with Crippen LogP contribution in [0.1, 0.15) is 24.9 Å². The van der Waals surface area contributed by atoms with E-state index in [9.17, 15) is 0 Å². The van der Waals surface area contributed by atoms with Gasteiger partial charge in [-0.15, -0.1) is 0 Å². The van der Waals surface area contributed by atoms with Crippen molar-refractivity contribution < 1.29 is 9.47 Å². The molecule has 2 unspecified atom stereocenters. The molecular formula is C15H24N2O2. The minimum Gasteiger partial charge on any atom is -0.494 e. The Balaban J connectivity index is 1.96. The number of nitrogens with two attached hydrogens (primary N) is 1. The Morgan fingerprint density at radius 3 is 2.79 bits per heavy atom. The van der Waals surface area contributed by atoms with Crippen LogP contribution in [0.15, 0.2) is 24.3 Å². The smallest absolute Gasteiger partial charge is 0.119 e. The lowest BCUT2D eigenvalue weighted by molar-refractivity contribution is -0.0326. The fourth-order valence-corrected chi connectivity index (χ4v) is 2.25. The van der Waals surface area contributed by atoms with Crippen LogP contribution in [0.2, 0.25) is 0 Å². The standard InChI is InChI=1S/C15H24N2O2/c1-3-9-18-13-6-4-12(5-7-13)15(16)14-11-17(2)8-10-19-14/h4-7,14-15H,3,8-11,16H2,1-2H3. The predicted octanol–water partition coefficient (Wildman–Crippen LogP) is 1.81. The van der Waals surface area contributed by atoms with E-state index in [0.717, 1.165) is 44.0 Å². The third-order valence-electron chi connectivity index (χ3n) is 3.43. The van der Waals surface area contributed by atoms with Gasteiger partial charge in [0.05, 0.1) is 25.4 Å². The largest absolute Gasteiger partial charge is 0.494 e. The third kappa shape index (κ3) is 3.93. The summed E-state index contributed by atoms with van der Waals surface area (Å²) in [6, 6.07) is 7.96. The molecular weight excluding hydrogens is 240 g/mol. The van der Waals surface area contributed by atoms with Crippen LogP contribution in [0.4, 0.5) is 0 Å². The molecule has 2 rings (SSSR count). The van der Waals surface area contributed by atoms with Crippen molar-refractivity contribution in [3.05, 3.63) is 29.8 Å². The van der Waals surface area contributed by atoms with Crippen LogP contribution in [0.25, 0.3) is 0 Å². The molecule has 0 aliphatic carbocycles. The van der Waals surface area contributed by atoms with E-state index in [0.29, 0.717) is 0 Å². The first-order chi connectivity index (χ1) is 9.20. The van der Waals surface area contributed by atoms with Gasteiger partial charge in [-0.3, -0.25) is 0 Å². The summed E-state index contributed by atoms with van der Waals surface area (Å²) in [4.78, 5) is 2.26. The monoisotopic (exact) mass is 264 g/mol. The number of rotatable bonds is 5. The normalized spacial score (nSPS) is 22.2. The molecule has 0 aromatic heterocycles. The Bertz CT molecular complexity index is 380. The van der Waals surface area contributed by atoms with Gasteiger partial charge >= 0.3 is 0 Å². The minimum atomic E-state index is -0.0806. The lowest BCUT2D eigenvalue weighted by Gasteiger charge is -2.33. The van der Waals surface area contributed by atoms with Gasteiger partial charge in [0, 0.05) is 13.1 Å². The van der Waals surface area contributed by atoms with Gasteiger partial charge in [-0.25, -0.2) is 0 Å². The maximum absolute atomic E-state index is 6.29. The van der Waals surface area contributed by atoms with Crippen molar-refractivity contribution in [1.29, 1.82) is 0 Å². The number of hydrogen-bond donors (Lipinski definition) is 1. The van der Waals surface area contributed by atoms with Gasteiger partial charge in [-0.2, -0.15) is 0 Å². The molecule has 2 N–H and O–H groups in total. The average molecular weight is 264 g/mol. The summed E-state index contributed by atoms with van der Waals surface area (Å²) in [5, 5.41) is 0. The van der Waals surface area contributed by atoms with E-state index in [1.807, 2.05) is 24.3 Å². The maximum atomic E-state index is 6.29. The van der Waals surface area contributed by atoms with Crippen molar-refractivity contribution in [2.75, 3.05) is 33.4 Å². The van der Waals surface area contributed by atoms with Crippen molar-refractivity contribution in [2.45, 2.75) is 25.5 Å². The van der Waals surface area contributed by atoms with Crippen LogP contribution >= 0.6 is 0 Å². The van der Waals surface area contributed by atoms with Gasteiger partial charge in [0.2, 0.25) is 0 Å². The summed E-state index contributed by atoms with van der Waals surface area (Å²) in [6.07, 6.45) is 1.09. The van der Waals surface area contributed by atoms with Gasteiger partial charge < -0.3 is 20.1 Å². The number of hydrogen-bond acceptors (Lipinski definition) is 4. The van der Waals surface area contributed by atoms with Gasteiger partial charge in [0.15, 0.2) is 0 Å². The summed E-state index contributed by atoms with van der Waals surface area (Å²) >= 11 is 0. The Labute approximate surface area is 115 Å². The highest BCUT2D eigenvalue weighted by atomic mass is 16.5. The van der Waals surface area contributed by atoms with Gasteiger partial charge in [0.25, 0.3) is 0 Å². The number of morpholine rings is 1. The molecule has 1 aliphatic heterocycles. The number of likely N-dealkylation sites (N-methyl/N-ethyl adjacent to an activating group) is 1. The number of ether oxygens (including phenoxy) is 2. The molecule has 0 radical (unpaired) electrons. The predicted molar refractivity (Wildman–Crippen MR) is 76.4 cm³/mol. The summed E-state index contributed by atoms with van der Waals surface area (Å²) in [6.45, 7) is 5.47. The fourth-order valence-electron chi connectivity index (χ4n) is 2.25. The fraction of sp³-hybridized carbons (Fsp3) is 0.600. The number of nitrogens with zero attached hydrogens (tertiary/aromatic N) is 1. The zero-order valence-corrected chi connectivity index (χ0v) is 11.8. The van der Waals surface area contributed by atoms with Gasteiger partial charge in [-0.1, -0.05) is 19.1 Å². The highest BCUT2D eigenvalue weighted by molar-refractivity contribution is 5.29. The molecule has 0 spiro atoms. The zero-order valence-electron chi connectivity index (χ0n) is 11.8. The van der Waals surface area contributed by atoms with E-state index in [2.05, 4.69) is 18.9 Å². The van der Waals surface area contributed by atoms with Crippen LogP contribution in [0, 0.1) is 0 Å². The van der Waals surface area contributed by atoms with E-state index >= 15 is 0 Å². The van der Waals surface area contributed by atoms with E-state index in [1.165, 1.54) is 0 Å². The van der Waals surface area contributed by atoms with Crippen LogP contribution in [0.5, 0.6) is 5.75 Å². The quantitative estimate of drug-likeness (QED) is 0.881. The lowest BCUT2D eigenvalue weighted by atomic mass is 10.0. The molecule has 1 aliphatic rings. The van der Waals surface area contributed by atoms with E-state index in [1.54, 1.807) is 0 Å². The van der Waals surface area contributed by atoms with Crippen molar-refractivity contribution >= 4 is 0 Å². The molecule has 1 saturated heterocycles. The molecule has 4 heteroatoms. The highest BCUT2D eigenvalue weighted by Gasteiger charge is 2.25. The summed E-state index contributed by atoms with van der Waals surface area (Å²) in [5.74, 6) is 0.902. The Morgan fingerprint density at radius 2 is 2.16 bits per heavy atom. The summed E-state index contributed by atoms with van der Waals surface area (Å²) in [7, 11) is 2.10. The molecule has 4 nitrogen and oxygen atoms in total. The molecule has 0 bridgehead atoms. The second-order valence-corrected chi connectivity index (χ2v) is 5.11. The van der Waals surface area contributed by atoms with Crippen molar-refractivity contribution in [1.82, 2.24) is 4.90 Å². The maximum Gasteiger partial charge on any atom is 0.119 e. The molecule has 1 heterocycles. The first kappa shape index (κ1) is 14.3. The summed E-state index contributed by atoms with van der Waals surface area (Å²) < 4.78 is 11.3. The molecule has 106 valence electrons. The minimum absolute atomic E-state index is 0.0705. The van der Waals surface area contributed by atoms with E-state index in [4.69, 9.17) is 15.2 Å².